The lowest BCUT2D eigenvalue weighted by molar-refractivity contribution is 0.0757. The smallest absolute Gasteiger partial charge is 0.0170 e. The molecule has 0 amide bonds. The molecule has 0 radical (unpaired) electrons. The number of nitrogens with two attached hydrogens (primary N) is 1. The molecule has 2 unspecified atom stereocenters. The summed E-state index contributed by atoms with van der Waals surface area (Å²) >= 11 is 0. The molecule has 1 saturated carbocycles. The molecule has 0 aromatic heterocycles. The molecule has 2 aliphatic rings. The maximum absolute atomic E-state index is 6.01. The van der Waals surface area contributed by atoms with Crippen LogP contribution in [0.4, 0.5) is 0 Å². The summed E-state index contributed by atoms with van der Waals surface area (Å²) in [7, 11) is 0. The highest BCUT2D eigenvalue weighted by atomic mass is 15.1. The van der Waals surface area contributed by atoms with Gasteiger partial charge in [0.25, 0.3) is 0 Å². The van der Waals surface area contributed by atoms with Gasteiger partial charge in [-0.15, -0.1) is 0 Å². The highest BCUT2D eigenvalue weighted by Crippen LogP contribution is 2.34. The molecule has 0 spiro atoms. The van der Waals surface area contributed by atoms with E-state index in [1.807, 2.05) is 0 Å². The number of hydrogen-bond acceptors (Lipinski definition) is 3. The fourth-order valence-electron chi connectivity index (χ4n) is 4.06. The third kappa shape index (κ3) is 3.71. The number of piperidine rings is 1. The van der Waals surface area contributed by atoms with Crippen LogP contribution in [0.5, 0.6) is 0 Å². The van der Waals surface area contributed by atoms with Crippen molar-refractivity contribution in [1.29, 1.82) is 0 Å². The molecule has 3 nitrogen and oxygen atoms in total. The Hall–Kier alpha value is -0.120. The molecule has 4 N–H and O–H groups in total. The minimum Gasteiger partial charge on any atom is -0.328 e. The normalized spacial score (nSPS) is 42.0. The molecule has 19 heavy (non-hydrogen) atoms. The van der Waals surface area contributed by atoms with Gasteiger partial charge in [0.2, 0.25) is 0 Å². The van der Waals surface area contributed by atoms with Crippen molar-refractivity contribution >= 4 is 0 Å². The van der Waals surface area contributed by atoms with E-state index in [1.54, 1.807) is 0 Å². The number of rotatable bonds is 2. The van der Waals surface area contributed by atoms with Crippen molar-refractivity contribution in [3.05, 3.63) is 0 Å². The van der Waals surface area contributed by atoms with Gasteiger partial charge in [-0.05, 0) is 65.7 Å². The zero-order valence-electron chi connectivity index (χ0n) is 13.4. The highest BCUT2D eigenvalue weighted by molar-refractivity contribution is 5.04. The van der Waals surface area contributed by atoms with E-state index < -0.39 is 0 Å². The van der Waals surface area contributed by atoms with E-state index >= 15 is 0 Å². The SMILES string of the molecule is CC1C(NC2CCC(N)CC2)CC(C)(C)NC1(C)C. The van der Waals surface area contributed by atoms with Crippen molar-refractivity contribution in [2.45, 2.75) is 95.9 Å². The zero-order chi connectivity index (χ0) is 14.3. The van der Waals surface area contributed by atoms with Crippen LogP contribution in [0.2, 0.25) is 0 Å². The second-order valence-corrected chi connectivity index (χ2v) is 8.11. The van der Waals surface area contributed by atoms with Gasteiger partial charge in [-0.25, -0.2) is 0 Å². The van der Waals surface area contributed by atoms with Gasteiger partial charge in [-0.1, -0.05) is 6.92 Å². The van der Waals surface area contributed by atoms with Crippen LogP contribution in [0.3, 0.4) is 0 Å². The Kier molecular flexibility index (Phi) is 4.29. The standard InChI is InChI=1S/C16H33N3/c1-11-14(10-15(2,3)19-16(11,4)5)18-13-8-6-12(17)7-9-13/h11-14,18-19H,6-10,17H2,1-5H3. The van der Waals surface area contributed by atoms with Gasteiger partial charge in [0.05, 0.1) is 0 Å². The summed E-state index contributed by atoms with van der Waals surface area (Å²) in [5.41, 5.74) is 6.43. The van der Waals surface area contributed by atoms with E-state index in [0.717, 1.165) is 0 Å². The molecule has 2 fully saturated rings. The Bertz CT molecular complexity index is 303. The van der Waals surface area contributed by atoms with Crippen molar-refractivity contribution < 1.29 is 0 Å². The summed E-state index contributed by atoms with van der Waals surface area (Å²) in [6.07, 6.45) is 6.07. The average Bonchev–Trinajstić information content (AvgIpc) is 2.27. The average molecular weight is 267 g/mol. The molecule has 2 rings (SSSR count). The maximum atomic E-state index is 6.01. The fourth-order valence-corrected chi connectivity index (χ4v) is 4.06. The molecule has 2 atom stereocenters. The minimum absolute atomic E-state index is 0.199. The van der Waals surface area contributed by atoms with Gasteiger partial charge in [0.15, 0.2) is 0 Å². The van der Waals surface area contributed by atoms with E-state index in [-0.39, 0.29) is 11.1 Å². The molecule has 112 valence electrons. The Morgan fingerprint density at radius 2 is 1.63 bits per heavy atom. The molecule has 0 bridgehead atoms. The van der Waals surface area contributed by atoms with Crippen molar-refractivity contribution in [1.82, 2.24) is 10.6 Å². The Morgan fingerprint density at radius 3 is 2.21 bits per heavy atom. The summed E-state index contributed by atoms with van der Waals surface area (Å²) in [6.45, 7) is 11.7. The first-order chi connectivity index (χ1) is 8.70. The third-order valence-electron chi connectivity index (χ3n) is 5.35. The van der Waals surface area contributed by atoms with Crippen molar-refractivity contribution in [3.63, 3.8) is 0 Å². The predicted molar refractivity (Wildman–Crippen MR) is 82.2 cm³/mol. The minimum atomic E-state index is 0.199. The van der Waals surface area contributed by atoms with E-state index in [9.17, 15) is 0 Å². The summed E-state index contributed by atoms with van der Waals surface area (Å²) in [4.78, 5) is 0. The van der Waals surface area contributed by atoms with Crippen molar-refractivity contribution in [2.24, 2.45) is 11.7 Å². The first-order valence-electron chi connectivity index (χ1n) is 8.00. The molecule has 1 heterocycles. The molecule has 0 aromatic carbocycles. The first kappa shape index (κ1) is 15.3. The van der Waals surface area contributed by atoms with E-state index in [0.29, 0.717) is 24.0 Å². The van der Waals surface area contributed by atoms with Gasteiger partial charge in [0.1, 0.15) is 0 Å². The van der Waals surface area contributed by atoms with E-state index in [1.165, 1.54) is 32.1 Å². The topological polar surface area (TPSA) is 50.1 Å². The van der Waals surface area contributed by atoms with Gasteiger partial charge in [-0.3, -0.25) is 0 Å². The molecular weight excluding hydrogens is 234 g/mol. The second-order valence-electron chi connectivity index (χ2n) is 8.11. The second kappa shape index (κ2) is 5.34. The molecular formula is C16H33N3. The lowest BCUT2D eigenvalue weighted by atomic mass is 9.72. The zero-order valence-corrected chi connectivity index (χ0v) is 13.4. The van der Waals surface area contributed by atoms with E-state index in [4.69, 9.17) is 5.73 Å². The lowest BCUT2D eigenvalue weighted by Crippen LogP contribution is -2.67. The molecule has 3 heteroatoms. The maximum Gasteiger partial charge on any atom is 0.0170 e. The summed E-state index contributed by atoms with van der Waals surface area (Å²) in [6, 6.07) is 1.74. The third-order valence-corrected chi connectivity index (χ3v) is 5.35. The van der Waals surface area contributed by atoms with E-state index in [2.05, 4.69) is 45.3 Å². The fraction of sp³-hybridized carbons (Fsp3) is 1.00. The van der Waals surface area contributed by atoms with Crippen LogP contribution in [-0.2, 0) is 0 Å². The predicted octanol–water partition coefficient (Wildman–Crippen LogP) is 2.40. The van der Waals surface area contributed by atoms with Gasteiger partial charge in [-0.2, -0.15) is 0 Å². The van der Waals surface area contributed by atoms with Crippen LogP contribution in [-0.4, -0.2) is 29.2 Å². The van der Waals surface area contributed by atoms with Crippen LogP contribution < -0.4 is 16.4 Å². The lowest BCUT2D eigenvalue weighted by Gasteiger charge is -2.52. The van der Waals surface area contributed by atoms with Crippen molar-refractivity contribution in [3.8, 4) is 0 Å². The summed E-state index contributed by atoms with van der Waals surface area (Å²) < 4.78 is 0. The monoisotopic (exact) mass is 267 g/mol. The summed E-state index contributed by atoms with van der Waals surface area (Å²) in [5.74, 6) is 0.649. The van der Waals surface area contributed by atoms with Crippen LogP contribution >= 0.6 is 0 Å². The number of hydrogen-bond donors (Lipinski definition) is 3. The highest BCUT2D eigenvalue weighted by Gasteiger charge is 2.43. The van der Waals surface area contributed by atoms with Crippen LogP contribution in [0.1, 0.15) is 66.7 Å². The van der Waals surface area contributed by atoms with Crippen LogP contribution in [0, 0.1) is 5.92 Å². The quantitative estimate of drug-likeness (QED) is 0.720. The largest absolute Gasteiger partial charge is 0.328 e. The van der Waals surface area contributed by atoms with Crippen molar-refractivity contribution in [2.75, 3.05) is 0 Å². The van der Waals surface area contributed by atoms with Gasteiger partial charge in [0, 0.05) is 29.2 Å². The van der Waals surface area contributed by atoms with Crippen LogP contribution in [0.15, 0.2) is 0 Å². The molecule has 1 saturated heterocycles. The molecule has 1 aliphatic heterocycles. The Balaban J connectivity index is 1.98. The first-order valence-corrected chi connectivity index (χ1v) is 8.00. The van der Waals surface area contributed by atoms with Gasteiger partial charge < -0.3 is 16.4 Å². The Labute approximate surface area is 119 Å². The molecule has 0 aromatic rings. The van der Waals surface area contributed by atoms with Gasteiger partial charge >= 0.3 is 0 Å². The van der Waals surface area contributed by atoms with Crippen LogP contribution in [0.25, 0.3) is 0 Å². The number of nitrogens with one attached hydrogen (secondary N) is 2. The Morgan fingerprint density at radius 1 is 1.05 bits per heavy atom. The summed E-state index contributed by atoms with van der Waals surface area (Å²) in [5, 5.41) is 7.74. The molecule has 1 aliphatic carbocycles.